The summed E-state index contributed by atoms with van der Waals surface area (Å²) in [5, 5.41) is 13.1. The van der Waals surface area contributed by atoms with Gasteiger partial charge in [-0.25, -0.2) is 4.39 Å². The number of nitro benzene ring substituents is 1. The molecule has 0 aliphatic carbocycles. The number of rotatable bonds is 5. The summed E-state index contributed by atoms with van der Waals surface area (Å²) >= 11 is 0. The summed E-state index contributed by atoms with van der Waals surface area (Å²) in [5.74, 6) is -3.00. The topological polar surface area (TPSA) is 84.7 Å². The molecule has 31 heavy (non-hydrogen) atoms. The van der Waals surface area contributed by atoms with Crippen LogP contribution in [0, 0.1) is 15.9 Å². The third-order valence-electron chi connectivity index (χ3n) is 5.21. The zero-order chi connectivity index (χ0) is 22.8. The zero-order valence-corrected chi connectivity index (χ0v) is 16.4. The predicted molar refractivity (Wildman–Crippen MR) is 104 cm³/mol. The number of carbonyl (C=O) groups is 1. The van der Waals surface area contributed by atoms with Crippen LogP contribution >= 0.6 is 0 Å². The number of methoxy groups -OCH3 is 1. The number of nitro groups is 1. The molecule has 0 spiro atoms. The fourth-order valence-electron chi connectivity index (χ4n) is 3.71. The van der Waals surface area contributed by atoms with E-state index in [9.17, 15) is 32.5 Å². The average molecular weight is 441 g/mol. The number of benzene rings is 2. The summed E-state index contributed by atoms with van der Waals surface area (Å²) in [6.45, 7) is 0.423. The second kappa shape index (κ2) is 8.78. The van der Waals surface area contributed by atoms with Crippen molar-refractivity contribution < 1.29 is 32.0 Å². The van der Waals surface area contributed by atoms with Gasteiger partial charge in [-0.15, -0.1) is 0 Å². The Bertz CT molecular complexity index is 966. The fourth-order valence-corrected chi connectivity index (χ4v) is 3.71. The molecule has 1 fully saturated rings. The summed E-state index contributed by atoms with van der Waals surface area (Å²) in [5.41, 5.74) is 0.871. The third kappa shape index (κ3) is 5.04. The Balaban J connectivity index is 1.89. The first-order valence-corrected chi connectivity index (χ1v) is 9.30. The van der Waals surface area contributed by atoms with E-state index in [4.69, 9.17) is 4.74 Å². The fraction of sp³-hybridized carbons (Fsp3) is 0.350. The van der Waals surface area contributed by atoms with Crippen LogP contribution in [0.4, 0.5) is 28.9 Å². The summed E-state index contributed by atoms with van der Waals surface area (Å²) in [7, 11) is 1.28. The molecule has 1 aliphatic rings. The predicted octanol–water partition coefficient (Wildman–Crippen LogP) is 3.78. The van der Waals surface area contributed by atoms with Gasteiger partial charge in [0.15, 0.2) is 5.75 Å². The van der Waals surface area contributed by atoms with E-state index in [1.165, 1.54) is 49.6 Å². The first-order chi connectivity index (χ1) is 14.6. The maximum Gasteiger partial charge on any atom is 0.471 e. The van der Waals surface area contributed by atoms with Crippen LogP contribution in [0.3, 0.4) is 0 Å². The Morgan fingerprint density at radius 2 is 1.90 bits per heavy atom. The van der Waals surface area contributed by atoms with E-state index in [0.29, 0.717) is 24.2 Å². The maximum atomic E-state index is 13.3. The molecule has 0 bridgehead atoms. The van der Waals surface area contributed by atoms with Gasteiger partial charge in [0.1, 0.15) is 5.82 Å². The molecular formula is C20H19F4N3O4. The van der Waals surface area contributed by atoms with Crippen molar-refractivity contribution in [2.45, 2.75) is 24.6 Å². The highest BCUT2D eigenvalue weighted by atomic mass is 19.4. The van der Waals surface area contributed by atoms with E-state index in [-0.39, 0.29) is 18.0 Å². The van der Waals surface area contributed by atoms with Crippen LogP contribution in [-0.4, -0.2) is 43.2 Å². The van der Waals surface area contributed by atoms with Crippen molar-refractivity contribution in [2.24, 2.45) is 0 Å². The van der Waals surface area contributed by atoms with Gasteiger partial charge in [0.05, 0.1) is 18.1 Å². The van der Waals surface area contributed by atoms with Gasteiger partial charge in [-0.1, -0.05) is 12.1 Å². The highest BCUT2D eigenvalue weighted by Gasteiger charge is 2.42. The standard InChI is InChI=1S/C20H19F4N3O4/c1-31-18-10-14(6-7-17(18)27(29)30)26-9-8-15(12-2-4-13(21)5-3-12)16(11-26)25-19(28)20(22,23)24/h2-7,10,15-16H,8-9,11H2,1H3,(H,25,28). The highest BCUT2D eigenvalue weighted by molar-refractivity contribution is 5.82. The first kappa shape index (κ1) is 22.3. The van der Waals surface area contributed by atoms with E-state index >= 15 is 0 Å². The number of hydrogen-bond acceptors (Lipinski definition) is 5. The van der Waals surface area contributed by atoms with Crippen LogP contribution in [0.15, 0.2) is 42.5 Å². The maximum absolute atomic E-state index is 13.3. The van der Waals surface area contributed by atoms with E-state index in [2.05, 4.69) is 0 Å². The molecule has 2 unspecified atom stereocenters. The van der Waals surface area contributed by atoms with Crippen molar-refractivity contribution in [1.82, 2.24) is 5.32 Å². The van der Waals surface area contributed by atoms with Crippen molar-refractivity contribution in [3.05, 3.63) is 64.0 Å². The first-order valence-electron chi connectivity index (χ1n) is 9.30. The molecule has 2 aromatic rings. The number of piperidine rings is 1. The second-order valence-electron chi connectivity index (χ2n) is 7.08. The van der Waals surface area contributed by atoms with Crippen molar-refractivity contribution >= 4 is 17.3 Å². The Labute approximate surface area is 174 Å². The Morgan fingerprint density at radius 3 is 2.48 bits per heavy atom. The molecule has 0 saturated carbocycles. The molecule has 1 aliphatic heterocycles. The number of ether oxygens (including phenoxy) is 1. The van der Waals surface area contributed by atoms with E-state index < -0.39 is 34.8 Å². The van der Waals surface area contributed by atoms with Crippen molar-refractivity contribution in [2.75, 3.05) is 25.1 Å². The van der Waals surface area contributed by atoms with Crippen LogP contribution in [0.2, 0.25) is 0 Å². The minimum atomic E-state index is -5.05. The SMILES string of the molecule is COc1cc(N2CCC(c3ccc(F)cc3)C(NC(=O)C(F)(F)F)C2)ccc1[N+](=O)[O-]. The van der Waals surface area contributed by atoms with Gasteiger partial charge in [-0.3, -0.25) is 14.9 Å². The van der Waals surface area contributed by atoms with E-state index in [1.807, 2.05) is 5.32 Å². The van der Waals surface area contributed by atoms with Gasteiger partial charge in [0, 0.05) is 36.8 Å². The Kier molecular flexibility index (Phi) is 6.32. The number of amides is 1. The number of halogens is 4. The molecular weight excluding hydrogens is 422 g/mol. The number of anilines is 1. The van der Waals surface area contributed by atoms with Crippen molar-refractivity contribution in [1.29, 1.82) is 0 Å². The third-order valence-corrected chi connectivity index (χ3v) is 5.21. The summed E-state index contributed by atoms with van der Waals surface area (Å²) in [6.07, 6.45) is -4.68. The van der Waals surface area contributed by atoms with Crippen LogP contribution < -0.4 is 15.0 Å². The minimum Gasteiger partial charge on any atom is -0.490 e. The van der Waals surface area contributed by atoms with E-state index in [1.54, 1.807) is 4.90 Å². The molecule has 11 heteroatoms. The number of alkyl halides is 3. The lowest BCUT2D eigenvalue weighted by molar-refractivity contribution is -0.385. The average Bonchev–Trinajstić information content (AvgIpc) is 2.73. The Morgan fingerprint density at radius 1 is 1.23 bits per heavy atom. The van der Waals surface area contributed by atoms with E-state index in [0.717, 1.165) is 0 Å². The largest absolute Gasteiger partial charge is 0.490 e. The van der Waals surface area contributed by atoms with Crippen molar-refractivity contribution in [3.63, 3.8) is 0 Å². The molecule has 2 aromatic carbocycles. The van der Waals surface area contributed by atoms with Gasteiger partial charge in [-0.2, -0.15) is 13.2 Å². The quantitative estimate of drug-likeness (QED) is 0.434. The number of nitrogens with zero attached hydrogens (tertiary/aromatic N) is 2. The van der Waals surface area contributed by atoms with Crippen LogP contribution in [0.1, 0.15) is 17.9 Å². The van der Waals surface area contributed by atoms with Gasteiger partial charge in [-0.05, 0) is 30.2 Å². The summed E-state index contributed by atoms with van der Waals surface area (Å²) < 4.78 is 56.9. The van der Waals surface area contributed by atoms with Crippen LogP contribution in [0.5, 0.6) is 5.75 Å². The van der Waals surface area contributed by atoms with Gasteiger partial charge >= 0.3 is 17.8 Å². The molecule has 3 rings (SSSR count). The summed E-state index contributed by atoms with van der Waals surface area (Å²) in [6, 6.07) is 8.63. The van der Waals surface area contributed by atoms with Gasteiger partial charge in [0.2, 0.25) is 0 Å². The molecule has 7 nitrogen and oxygen atoms in total. The minimum absolute atomic E-state index is 0.0130. The Hall–Kier alpha value is -3.37. The molecule has 1 N–H and O–H groups in total. The lowest BCUT2D eigenvalue weighted by atomic mass is 9.85. The van der Waals surface area contributed by atoms with Gasteiger partial charge < -0.3 is 15.0 Å². The monoisotopic (exact) mass is 441 g/mol. The summed E-state index contributed by atoms with van der Waals surface area (Å²) in [4.78, 5) is 23.8. The molecule has 0 aromatic heterocycles. The molecule has 2 atom stereocenters. The highest BCUT2D eigenvalue weighted by Crippen LogP contribution is 2.35. The lowest BCUT2D eigenvalue weighted by Crippen LogP contribution is -2.54. The molecule has 166 valence electrons. The van der Waals surface area contributed by atoms with Gasteiger partial charge in [0.25, 0.3) is 0 Å². The smallest absolute Gasteiger partial charge is 0.471 e. The number of nitrogens with one attached hydrogen (secondary N) is 1. The number of carbonyl (C=O) groups excluding carboxylic acids is 1. The lowest BCUT2D eigenvalue weighted by Gasteiger charge is -2.40. The molecule has 1 amide bonds. The number of hydrogen-bond donors (Lipinski definition) is 1. The molecule has 1 heterocycles. The van der Waals surface area contributed by atoms with Crippen LogP contribution in [-0.2, 0) is 4.79 Å². The molecule has 0 radical (unpaired) electrons. The van der Waals surface area contributed by atoms with Crippen molar-refractivity contribution in [3.8, 4) is 5.75 Å². The zero-order valence-electron chi connectivity index (χ0n) is 16.4. The normalized spacial score (nSPS) is 19.1. The second-order valence-corrected chi connectivity index (χ2v) is 7.08. The molecule has 1 saturated heterocycles. The van der Waals surface area contributed by atoms with Crippen LogP contribution in [0.25, 0.3) is 0 Å².